The Bertz CT molecular complexity index is 435. The first-order valence-electron chi connectivity index (χ1n) is 5.16. The van der Waals surface area contributed by atoms with Gasteiger partial charge in [0.2, 0.25) is 0 Å². The lowest BCUT2D eigenvalue weighted by atomic mass is 10.2. The first-order chi connectivity index (χ1) is 8.72. The minimum absolute atomic E-state index is 0.0880. The van der Waals surface area contributed by atoms with Crippen molar-refractivity contribution < 1.29 is 15.0 Å². The fraction of sp³-hybridized carbons (Fsp3) is 0. The van der Waals surface area contributed by atoms with Gasteiger partial charge in [0.1, 0.15) is 18.3 Å². The fourth-order valence-corrected chi connectivity index (χ4v) is 1.08. The van der Waals surface area contributed by atoms with Gasteiger partial charge in [-0.1, -0.05) is 49.1 Å². The fourth-order valence-electron chi connectivity index (χ4n) is 1.08. The lowest BCUT2D eigenvalue weighted by molar-refractivity contribution is -0.0979. The van der Waals surface area contributed by atoms with E-state index in [2.05, 4.69) is 6.58 Å². The van der Waals surface area contributed by atoms with E-state index in [9.17, 15) is 0 Å². The molecule has 0 aromatic heterocycles. The number of benzene rings is 2. The molecular formula is C15H16O3. The lowest BCUT2D eigenvalue weighted by Gasteiger charge is -1.89. The molecule has 2 aromatic carbocycles. The molecule has 0 aliphatic heterocycles. The molecule has 0 amide bonds. The second-order valence-electron chi connectivity index (χ2n) is 3.13. The Labute approximate surface area is 107 Å². The van der Waals surface area contributed by atoms with Gasteiger partial charge < -0.3 is 15.0 Å². The largest absolute Gasteiger partial charge is 0.508 e. The van der Waals surface area contributed by atoms with Crippen LogP contribution >= 0.6 is 0 Å². The van der Waals surface area contributed by atoms with Gasteiger partial charge in [0.15, 0.2) is 0 Å². The molecule has 3 nitrogen and oxygen atoms in total. The molecule has 0 bridgehead atoms. The predicted octanol–water partition coefficient (Wildman–Crippen LogP) is 3.24. The Morgan fingerprint density at radius 1 is 0.833 bits per heavy atom. The number of carbonyl (C=O) groups is 1. The van der Waals surface area contributed by atoms with E-state index in [1.54, 1.807) is 6.07 Å². The number of hydrogen-bond acceptors (Lipinski definition) is 3. The topological polar surface area (TPSA) is 57.5 Å². The smallest absolute Gasteiger partial charge is 0.119 e. The third kappa shape index (κ3) is 6.85. The van der Waals surface area contributed by atoms with Crippen LogP contribution in [-0.4, -0.2) is 17.0 Å². The van der Waals surface area contributed by atoms with Gasteiger partial charge in [-0.15, -0.1) is 0 Å². The minimum atomic E-state index is 0.0880. The molecule has 0 aliphatic carbocycles. The molecule has 2 N–H and O–H groups in total. The van der Waals surface area contributed by atoms with Crippen molar-refractivity contribution in [3.05, 3.63) is 66.7 Å². The number of carbonyl (C=O) groups excluding carboxylic acids is 1. The van der Waals surface area contributed by atoms with Crippen LogP contribution in [0.3, 0.4) is 0 Å². The highest BCUT2D eigenvalue weighted by Gasteiger charge is 1.85. The van der Waals surface area contributed by atoms with Crippen LogP contribution in [0.2, 0.25) is 0 Å². The molecule has 0 heterocycles. The summed E-state index contributed by atoms with van der Waals surface area (Å²) in [5.74, 6) is 0.176. The summed E-state index contributed by atoms with van der Waals surface area (Å²) in [5, 5.41) is 17.3. The van der Waals surface area contributed by atoms with Gasteiger partial charge in [-0.25, -0.2) is 0 Å². The van der Waals surface area contributed by atoms with Crippen molar-refractivity contribution in [1.29, 1.82) is 0 Å². The van der Waals surface area contributed by atoms with E-state index >= 15 is 0 Å². The normalized spacial score (nSPS) is 8.00. The second kappa shape index (κ2) is 9.66. The van der Waals surface area contributed by atoms with Gasteiger partial charge in [0, 0.05) is 6.07 Å². The molecular weight excluding hydrogens is 228 g/mol. The van der Waals surface area contributed by atoms with E-state index in [0.717, 1.165) is 0 Å². The first-order valence-corrected chi connectivity index (χ1v) is 5.16. The third-order valence-corrected chi connectivity index (χ3v) is 1.87. The van der Waals surface area contributed by atoms with E-state index in [-0.39, 0.29) is 11.5 Å². The van der Waals surface area contributed by atoms with Gasteiger partial charge in [-0.05, 0) is 17.7 Å². The lowest BCUT2D eigenvalue weighted by Crippen LogP contribution is -1.63. The number of aromatic hydroxyl groups is 2. The van der Waals surface area contributed by atoms with E-state index in [0.29, 0.717) is 0 Å². The van der Waals surface area contributed by atoms with Gasteiger partial charge in [0.25, 0.3) is 0 Å². The molecule has 0 aliphatic rings. The second-order valence-corrected chi connectivity index (χ2v) is 3.13. The number of rotatable bonds is 1. The number of phenols is 2. The van der Waals surface area contributed by atoms with Gasteiger partial charge in [0.05, 0.1) is 0 Å². The minimum Gasteiger partial charge on any atom is -0.508 e. The maximum absolute atomic E-state index is 8.65. The van der Waals surface area contributed by atoms with Crippen molar-refractivity contribution >= 4 is 12.9 Å². The first kappa shape index (κ1) is 15.5. The molecule has 3 heteroatoms. The molecule has 0 radical (unpaired) electrons. The number of hydrogen-bond donors (Lipinski definition) is 2. The van der Waals surface area contributed by atoms with Crippen molar-refractivity contribution in [1.82, 2.24) is 0 Å². The maximum atomic E-state index is 8.65. The van der Waals surface area contributed by atoms with Crippen LogP contribution in [0.4, 0.5) is 0 Å². The Morgan fingerprint density at radius 3 is 1.61 bits per heavy atom. The quantitative estimate of drug-likeness (QED) is 0.809. The van der Waals surface area contributed by atoms with Crippen molar-refractivity contribution in [3.63, 3.8) is 0 Å². The highest BCUT2D eigenvalue weighted by Crippen LogP contribution is 2.14. The van der Waals surface area contributed by atoms with E-state index in [1.807, 2.05) is 43.2 Å². The molecule has 0 saturated heterocycles. The Morgan fingerprint density at radius 2 is 1.33 bits per heavy atom. The third-order valence-electron chi connectivity index (χ3n) is 1.87. The van der Waals surface area contributed by atoms with E-state index in [1.165, 1.54) is 23.8 Å². The summed E-state index contributed by atoms with van der Waals surface area (Å²) < 4.78 is 0. The van der Waals surface area contributed by atoms with Crippen LogP contribution in [0.25, 0.3) is 6.08 Å². The van der Waals surface area contributed by atoms with Crippen molar-refractivity contribution in [2.24, 2.45) is 0 Å². The molecule has 18 heavy (non-hydrogen) atoms. The monoisotopic (exact) mass is 244 g/mol. The molecule has 0 unspecified atom stereocenters. The maximum Gasteiger partial charge on any atom is 0.119 e. The summed E-state index contributed by atoms with van der Waals surface area (Å²) in [6, 6.07) is 15.9. The Hall–Kier alpha value is -2.55. The van der Waals surface area contributed by atoms with E-state index in [4.69, 9.17) is 15.0 Å². The van der Waals surface area contributed by atoms with Gasteiger partial charge >= 0.3 is 0 Å². The van der Waals surface area contributed by atoms with Crippen LogP contribution in [-0.2, 0) is 4.79 Å². The Kier molecular flexibility index (Phi) is 8.29. The van der Waals surface area contributed by atoms with Crippen molar-refractivity contribution in [3.8, 4) is 11.5 Å². The highest BCUT2D eigenvalue weighted by molar-refractivity contribution is 5.45. The van der Waals surface area contributed by atoms with Crippen LogP contribution < -0.4 is 0 Å². The van der Waals surface area contributed by atoms with Crippen molar-refractivity contribution in [2.75, 3.05) is 0 Å². The molecule has 2 aromatic rings. The van der Waals surface area contributed by atoms with Crippen LogP contribution in [0.1, 0.15) is 5.56 Å². The molecule has 0 spiro atoms. The zero-order chi connectivity index (χ0) is 13.8. The molecule has 0 fully saturated rings. The van der Waals surface area contributed by atoms with Crippen molar-refractivity contribution in [2.45, 2.75) is 0 Å². The number of phenolic OH excluding ortho intramolecular Hbond substituents is 2. The zero-order valence-corrected chi connectivity index (χ0v) is 9.99. The molecule has 0 atom stereocenters. The Balaban J connectivity index is 0.000000283. The summed E-state index contributed by atoms with van der Waals surface area (Å²) in [5.41, 5.74) is 1.17. The van der Waals surface area contributed by atoms with E-state index < -0.39 is 0 Å². The average Bonchev–Trinajstić information content (AvgIpc) is 2.42. The molecule has 2 rings (SSSR count). The van der Waals surface area contributed by atoms with Crippen LogP contribution in [0.5, 0.6) is 11.5 Å². The summed E-state index contributed by atoms with van der Waals surface area (Å²) in [6.45, 7) is 5.63. The zero-order valence-electron chi connectivity index (χ0n) is 9.99. The predicted molar refractivity (Wildman–Crippen MR) is 73.4 cm³/mol. The molecule has 0 saturated carbocycles. The summed E-state index contributed by atoms with van der Waals surface area (Å²) in [4.78, 5) is 8.00. The summed E-state index contributed by atoms with van der Waals surface area (Å²) >= 11 is 0. The highest BCUT2D eigenvalue weighted by atomic mass is 16.3. The SMILES string of the molecule is C=Cc1ccccc1.C=O.Oc1cccc(O)c1. The van der Waals surface area contributed by atoms with Gasteiger partial charge in [-0.2, -0.15) is 0 Å². The van der Waals surface area contributed by atoms with Gasteiger partial charge in [-0.3, -0.25) is 0 Å². The summed E-state index contributed by atoms with van der Waals surface area (Å²) in [6.07, 6.45) is 1.83. The van der Waals surface area contributed by atoms with Crippen LogP contribution in [0.15, 0.2) is 61.2 Å². The standard InChI is InChI=1S/C8H8.C6H6O2.CH2O/c1-2-8-6-4-3-5-7-8;7-5-2-1-3-6(8)4-5;1-2/h2-7H,1H2;1-4,7-8H;1H2. The summed E-state index contributed by atoms with van der Waals surface area (Å²) in [7, 11) is 0. The molecule has 94 valence electrons. The average molecular weight is 244 g/mol. The van der Waals surface area contributed by atoms with Crippen LogP contribution in [0, 0.1) is 0 Å².